The van der Waals surface area contributed by atoms with E-state index in [1.807, 2.05) is 6.92 Å². The number of rotatable bonds is 7. The second-order valence-corrected chi connectivity index (χ2v) is 2.95. The number of aliphatic hydroxyl groups excluding tert-OH is 1. The summed E-state index contributed by atoms with van der Waals surface area (Å²) < 4.78 is 0. The normalized spacial score (nSPS) is 12.8. The Morgan fingerprint density at radius 3 is 2.42 bits per heavy atom. The first-order chi connectivity index (χ1) is 5.72. The van der Waals surface area contributed by atoms with E-state index >= 15 is 0 Å². The van der Waals surface area contributed by atoms with E-state index in [0.717, 1.165) is 12.8 Å². The Hall–Kier alpha value is -0.640. The Bertz CT molecular complexity index is 119. The third kappa shape index (κ3) is 5.07. The highest BCUT2D eigenvalue weighted by Gasteiger charge is 2.17. The summed E-state index contributed by atoms with van der Waals surface area (Å²) in [4.78, 5) is 10.2. The van der Waals surface area contributed by atoms with E-state index < -0.39 is 6.04 Å². The van der Waals surface area contributed by atoms with Crippen LogP contribution in [-0.4, -0.2) is 22.7 Å². The maximum atomic E-state index is 10.4. The summed E-state index contributed by atoms with van der Waals surface area (Å²) in [5, 5.41) is 18.9. The molecule has 0 aromatic carbocycles. The summed E-state index contributed by atoms with van der Waals surface area (Å²) >= 11 is 0. The molecule has 72 valence electrons. The van der Waals surface area contributed by atoms with Crippen LogP contribution in [0.25, 0.3) is 0 Å². The maximum absolute atomic E-state index is 10.4. The second-order valence-electron chi connectivity index (χ2n) is 2.95. The molecule has 1 N–H and O–H groups in total. The number of hydrogen-bond acceptors (Lipinski definition) is 3. The van der Waals surface area contributed by atoms with Crippen LogP contribution in [0.15, 0.2) is 0 Å². The molecule has 0 spiro atoms. The standard InChI is InChI=1S/C8H17NO3/c1-2-3-5-8(9(11)12)6-4-7-10/h8,10H,2-7H2,1H3. The monoisotopic (exact) mass is 175 g/mol. The molecule has 4 nitrogen and oxygen atoms in total. The van der Waals surface area contributed by atoms with Gasteiger partial charge in [-0.05, 0) is 12.8 Å². The molecule has 0 rings (SSSR count). The fourth-order valence-electron chi connectivity index (χ4n) is 1.12. The molecule has 0 radical (unpaired) electrons. The molecule has 0 amide bonds. The van der Waals surface area contributed by atoms with Crippen molar-refractivity contribution in [2.24, 2.45) is 0 Å². The number of nitrogens with zero attached hydrogens (tertiary/aromatic N) is 1. The zero-order valence-electron chi connectivity index (χ0n) is 7.53. The van der Waals surface area contributed by atoms with Crippen molar-refractivity contribution in [3.63, 3.8) is 0 Å². The zero-order valence-corrected chi connectivity index (χ0v) is 7.53. The predicted octanol–water partition coefficient (Wildman–Crippen LogP) is 1.59. The Labute approximate surface area is 72.7 Å². The van der Waals surface area contributed by atoms with Crippen LogP contribution in [0.2, 0.25) is 0 Å². The second kappa shape index (κ2) is 7.03. The molecule has 0 aliphatic carbocycles. The molecule has 0 saturated carbocycles. The quantitative estimate of drug-likeness (QED) is 0.472. The molecule has 0 heterocycles. The Morgan fingerprint density at radius 1 is 1.42 bits per heavy atom. The van der Waals surface area contributed by atoms with Crippen LogP contribution >= 0.6 is 0 Å². The lowest BCUT2D eigenvalue weighted by atomic mass is 10.1. The van der Waals surface area contributed by atoms with Crippen molar-refractivity contribution < 1.29 is 10.0 Å². The van der Waals surface area contributed by atoms with E-state index in [1.54, 1.807) is 0 Å². The van der Waals surface area contributed by atoms with E-state index in [4.69, 9.17) is 5.11 Å². The highest BCUT2D eigenvalue weighted by Crippen LogP contribution is 2.09. The van der Waals surface area contributed by atoms with E-state index in [2.05, 4.69) is 0 Å². The molecule has 0 bridgehead atoms. The Morgan fingerprint density at radius 2 is 2.00 bits per heavy atom. The highest BCUT2D eigenvalue weighted by molar-refractivity contribution is 4.56. The van der Waals surface area contributed by atoms with Crippen LogP contribution in [0.5, 0.6) is 0 Å². The van der Waals surface area contributed by atoms with Gasteiger partial charge in [-0.15, -0.1) is 0 Å². The van der Waals surface area contributed by atoms with Crippen molar-refractivity contribution in [1.82, 2.24) is 0 Å². The lowest BCUT2D eigenvalue weighted by Crippen LogP contribution is -2.19. The van der Waals surface area contributed by atoms with E-state index in [1.165, 1.54) is 0 Å². The van der Waals surface area contributed by atoms with Gasteiger partial charge in [0.1, 0.15) is 0 Å². The summed E-state index contributed by atoms with van der Waals surface area (Å²) in [5.74, 6) is 0. The van der Waals surface area contributed by atoms with Gasteiger partial charge in [0.2, 0.25) is 6.04 Å². The van der Waals surface area contributed by atoms with E-state index in [-0.39, 0.29) is 11.5 Å². The average Bonchev–Trinajstić information content (AvgIpc) is 2.04. The third-order valence-electron chi connectivity index (χ3n) is 1.88. The molecule has 0 saturated heterocycles. The molecule has 1 atom stereocenters. The van der Waals surface area contributed by atoms with Gasteiger partial charge in [0.25, 0.3) is 0 Å². The van der Waals surface area contributed by atoms with Gasteiger partial charge >= 0.3 is 0 Å². The van der Waals surface area contributed by atoms with Crippen molar-refractivity contribution >= 4 is 0 Å². The van der Waals surface area contributed by atoms with Crippen LogP contribution < -0.4 is 0 Å². The molecule has 0 aliphatic rings. The summed E-state index contributed by atoms with van der Waals surface area (Å²) in [6.07, 6.45) is 3.57. The SMILES string of the molecule is CCCCC(CCCO)[N+](=O)[O-]. The predicted molar refractivity (Wildman–Crippen MR) is 46.6 cm³/mol. The number of hydrogen-bond donors (Lipinski definition) is 1. The maximum Gasteiger partial charge on any atom is 0.213 e. The van der Waals surface area contributed by atoms with Gasteiger partial charge in [-0.3, -0.25) is 10.1 Å². The van der Waals surface area contributed by atoms with Gasteiger partial charge in [-0.2, -0.15) is 0 Å². The highest BCUT2D eigenvalue weighted by atomic mass is 16.6. The molecule has 12 heavy (non-hydrogen) atoms. The molecule has 1 unspecified atom stereocenters. The smallest absolute Gasteiger partial charge is 0.213 e. The summed E-state index contributed by atoms with van der Waals surface area (Å²) in [6.45, 7) is 2.07. The fraction of sp³-hybridized carbons (Fsp3) is 1.00. The minimum atomic E-state index is -0.447. The molecule has 0 fully saturated rings. The molecule has 0 aromatic rings. The van der Waals surface area contributed by atoms with Crippen LogP contribution in [0.4, 0.5) is 0 Å². The fourth-order valence-corrected chi connectivity index (χ4v) is 1.12. The summed E-state index contributed by atoms with van der Waals surface area (Å²) in [7, 11) is 0. The van der Waals surface area contributed by atoms with E-state index in [9.17, 15) is 10.1 Å². The number of aliphatic hydroxyl groups is 1. The number of nitro groups is 1. The van der Waals surface area contributed by atoms with Crippen molar-refractivity contribution in [2.75, 3.05) is 6.61 Å². The van der Waals surface area contributed by atoms with Gasteiger partial charge in [-0.25, -0.2) is 0 Å². The van der Waals surface area contributed by atoms with Crippen LogP contribution in [-0.2, 0) is 0 Å². The Kier molecular flexibility index (Phi) is 6.66. The molecule has 4 heteroatoms. The zero-order chi connectivity index (χ0) is 9.40. The lowest BCUT2D eigenvalue weighted by molar-refractivity contribution is -0.524. The van der Waals surface area contributed by atoms with Gasteiger partial charge in [0.15, 0.2) is 0 Å². The molecule has 0 aliphatic heterocycles. The lowest BCUT2D eigenvalue weighted by Gasteiger charge is -2.06. The Balaban J connectivity index is 3.62. The topological polar surface area (TPSA) is 63.4 Å². The van der Waals surface area contributed by atoms with Crippen molar-refractivity contribution in [3.05, 3.63) is 10.1 Å². The minimum Gasteiger partial charge on any atom is -0.396 e. The van der Waals surface area contributed by atoms with Crippen LogP contribution in [0.1, 0.15) is 39.0 Å². The molecular formula is C8H17NO3. The van der Waals surface area contributed by atoms with Crippen molar-refractivity contribution in [3.8, 4) is 0 Å². The first-order valence-corrected chi connectivity index (χ1v) is 4.46. The largest absolute Gasteiger partial charge is 0.396 e. The first kappa shape index (κ1) is 11.4. The summed E-state index contributed by atoms with van der Waals surface area (Å²) in [6, 6.07) is -0.447. The van der Waals surface area contributed by atoms with Gasteiger partial charge in [0, 0.05) is 24.4 Å². The van der Waals surface area contributed by atoms with E-state index in [0.29, 0.717) is 19.3 Å². The first-order valence-electron chi connectivity index (χ1n) is 4.46. The molecular weight excluding hydrogens is 158 g/mol. The van der Waals surface area contributed by atoms with Gasteiger partial charge in [0.05, 0.1) is 0 Å². The van der Waals surface area contributed by atoms with Crippen molar-refractivity contribution in [2.45, 2.75) is 45.1 Å². The minimum absolute atomic E-state index is 0.0520. The van der Waals surface area contributed by atoms with Gasteiger partial charge in [-0.1, -0.05) is 13.3 Å². The average molecular weight is 175 g/mol. The number of unbranched alkanes of at least 4 members (excludes halogenated alkanes) is 1. The van der Waals surface area contributed by atoms with Crippen molar-refractivity contribution in [1.29, 1.82) is 0 Å². The molecule has 0 aromatic heterocycles. The van der Waals surface area contributed by atoms with Crippen LogP contribution in [0.3, 0.4) is 0 Å². The van der Waals surface area contributed by atoms with Crippen LogP contribution in [0, 0.1) is 10.1 Å². The third-order valence-corrected chi connectivity index (χ3v) is 1.88. The van der Waals surface area contributed by atoms with Gasteiger partial charge < -0.3 is 5.11 Å². The summed E-state index contributed by atoms with van der Waals surface area (Å²) in [5.41, 5.74) is 0.